The fourth-order valence-corrected chi connectivity index (χ4v) is 14.3. The molecule has 3 N–H and O–H groups in total. The number of aromatic nitrogens is 4. The zero-order valence-corrected chi connectivity index (χ0v) is 54.6. The number of aryl methyl sites for hydroxylation is 2. The van der Waals surface area contributed by atoms with Crippen LogP contribution in [-0.2, 0) is 25.5 Å². The van der Waals surface area contributed by atoms with Crippen molar-refractivity contribution in [2.45, 2.75) is 169 Å². The predicted octanol–water partition coefficient (Wildman–Crippen LogP) is 11.5. The van der Waals surface area contributed by atoms with Crippen LogP contribution in [0.2, 0.25) is 0 Å². The van der Waals surface area contributed by atoms with Crippen molar-refractivity contribution in [1.82, 2.24) is 50.2 Å². The number of halogens is 1. The van der Waals surface area contributed by atoms with Crippen LogP contribution < -0.4 is 20.3 Å². The number of ether oxygens (including phenoxy) is 2. The van der Waals surface area contributed by atoms with Gasteiger partial charge in [-0.1, -0.05) is 70.2 Å². The van der Waals surface area contributed by atoms with E-state index in [4.69, 9.17) is 24.4 Å². The summed E-state index contributed by atoms with van der Waals surface area (Å²) < 4.78 is 29.4. The maximum absolute atomic E-state index is 17.2. The number of carbonyl (C=O) groups is 4. The summed E-state index contributed by atoms with van der Waals surface area (Å²) in [6.45, 7) is 27.4. The van der Waals surface area contributed by atoms with E-state index < -0.39 is 11.4 Å². The Morgan fingerprint density at radius 1 is 0.854 bits per heavy atom. The zero-order valence-electron chi connectivity index (χ0n) is 53.8. The Balaban J connectivity index is 0.000000303. The first-order chi connectivity index (χ1) is 42.5. The molecule has 3 aromatic carbocycles. The number of hydrogen-bond donors (Lipinski definition) is 3. The Labute approximate surface area is 528 Å². The van der Waals surface area contributed by atoms with Gasteiger partial charge in [0.15, 0.2) is 5.82 Å². The van der Waals surface area contributed by atoms with E-state index in [1.165, 1.54) is 11.3 Å². The minimum Gasteiger partial charge on any atom is -0.508 e. The number of piperazine rings is 1. The van der Waals surface area contributed by atoms with Crippen molar-refractivity contribution in [3.8, 4) is 33.5 Å². The van der Waals surface area contributed by atoms with Crippen LogP contribution in [0.15, 0.2) is 66.3 Å². The predicted molar refractivity (Wildman–Crippen MR) is 349 cm³/mol. The number of thiazole rings is 1. The lowest BCUT2D eigenvalue weighted by atomic mass is 9.83. The number of piperidine rings is 2. The number of phenolic OH excluding ortho intramolecular Hbond substituents is 1. The summed E-state index contributed by atoms with van der Waals surface area (Å²) in [6.07, 6.45) is 11.9. The molecule has 0 aliphatic carbocycles. The number of fused-ring (bicyclic) bond motifs is 4. The van der Waals surface area contributed by atoms with E-state index in [-0.39, 0.29) is 76.5 Å². The number of aromatic hydroxyl groups is 1. The van der Waals surface area contributed by atoms with Gasteiger partial charge in [0, 0.05) is 44.0 Å². The second-order valence-corrected chi connectivity index (χ2v) is 28.3. The van der Waals surface area contributed by atoms with E-state index in [2.05, 4.69) is 77.1 Å². The average molecular weight is 1240 g/mol. The van der Waals surface area contributed by atoms with Crippen molar-refractivity contribution < 1.29 is 38.1 Å². The van der Waals surface area contributed by atoms with Crippen LogP contribution in [0.5, 0.6) is 11.8 Å². The second-order valence-electron chi connectivity index (χ2n) is 27.4. The van der Waals surface area contributed by atoms with Gasteiger partial charge in [-0.25, -0.2) is 14.2 Å². The molecule has 5 unspecified atom stereocenters. The number of phenols is 1. The third-order valence-electron chi connectivity index (χ3n) is 19.0. The van der Waals surface area contributed by atoms with Crippen molar-refractivity contribution in [2.75, 3.05) is 70.4 Å². The van der Waals surface area contributed by atoms with Crippen LogP contribution in [0.1, 0.15) is 143 Å². The molecule has 0 radical (unpaired) electrons. The second kappa shape index (κ2) is 28.0. The Morgan fingerprint density at radius 2 is 1.54 bits per heavy atom. The van der Waals surface area contributed by atoms with E-state index >= 15 is 4.39 Å². The first kappa shape index (κ1) is 64.9. The SMILES string of the molecule is CCc1cccc2cc(O)cc(-c3ncc4c(N5CC6CCC(C5)N6C(=O)OC(C)(C)C)nc(OCCN5CCC(CC6CCN(CC(=O)NC(C)C(C)(C)C)CC6)CC5)nc4c3F)c12.Cc1ncsc1-c1ccc(C(C)NC(=O)C2CCCN2C=O)cc1. The average Bonchev–Trinajstić information content (AvgIpc) is 1.62. The van der Waals surface area contributed by atoms with Gasteiger partial charge in [0.1, 0.15) is 41.0 Å². The lowest BCUT2D eigenvalue weighted by Crippen LogP contribution is -2.57. The molecule has 20 heteroatoms. The maximum atomic E-state index is 17.2. The van der Waals surface area contributed by atoms with Gasteiger partial charge in [0.2, 0.25) is 18.2 Å². The summed E-state index contributed by atoms with van der Waals surface area (Å²) in [5.74, 6) is 1.40. The molecular formula is C69H92FN11O7S. The number of carbonyl (C=O) groups excluding carboxylic acids is 4. The van der Waals surface area contributed by atoms with Crippen molar-refractivity contribution in [1.29, 1.82) is 0 Å². The standard InChI is InChI=1S/C51H71FN8O5.C18H21N3O2S/c1-9-35-11-10-12-36-26-39(61)27-40(43(35)36)45-44(52)46-41(28-53-45)47(59-29-37-13-14-38(30-59)60(37)49(63)65-51(6,7)8)56-48(55-46)64-24-23-57-19-15-33(16-20-57)25-34-17-21-58(22-18-34)31-42(62)54-32(2)50(3,4)5;1-12(20-18(23)16-4-3-9-21(16)11-22)14-5-7-15(8-6-14)17-13(2)19-10-24-17/h10-12,26-28,32-34,37-38,61H,9,13-25,29-31H2,1-8H3,(H,54,62);5-8,10-12,16H,3-4,9H2,1-2H3,(H,20,23). The van der Waals surface area contributed by atoms with Crippen molar-refractivity contribution >= 4 is 63.1 Å². The monoisotopic (exact) mass is 1240 g/mol. The Hall–Kier alpha value is -7.03. The molecule has 5 aliphatic heterocycles. The molecule has 0 saturated carbocycles. The Bertz CT molecular complexity index is 3450. The van der Waals surface area contributed by atoms with E-state index in [1.807, 2.05) is 75.4 Å². The van der Waals surface area contributed by atoms with Crippen LogP contribution in [0, 0.1) is 30.0 Å². The van der Waals surface area contributed by atoms with Crippen LogP contribution in [0.4, 0.5) is 15.0 Å². The van der Waals surface area contributed by atoms with Crippen molar-refractivity contribution in [3.63, 3.8) is 0 Å². The number of pyridine rings is 1. The highest BCUT2D eigenvalue weighted by molar-refractivity contribution is 7.13. The van der Waals surface area contributed by atoms with Gasteiger partial charge in [-0.15, -0.1) is 11.3 Å². The summed E-state index contributed by atoms with van der Waals surface area (Å²) >= 11 is 1.63. The van der Waals surface area contributed by atoms with Gasteiger partial charge in [-0.05, 0) is 189 Å². The number of hydrogen-bond acceptors (Lipinski definition) is 15. The molecule has 2 bridgehead atoms. The van der Waals surface area contributed by atoms with Gasteiger partial charge in [0.05, 0.1) is 46.1 Å². The third-order valence-corrected chi connectivity index (χ3v) is 20.0. The molecule has 5 fully saturated rings. The molecular weight excluding hydrogens is 1150 g/mol. The number of rotatable bonds is 17. The highest BCUT2D eigenvalue weighted by Gasteiger charge is 2.45. The van der Waals surface area contributed by atoms with Crippen LogP contribution >= 0.6 is 11.3 Å². The molecule has 0 spiro atoms. The molecule has 8 heterocycles. The molecule has 11 rings (SSSR count). The van der Waals surface area contributed by atoms with Gasteiger partial charge in [-0.3, -0.25) is 34.1 Å². The quantitative estimate of drug-likeness (QED) is 0.0729. The topological polar surface area (TPSA) is 199 Å². The normalized spacial score (nSPS) is 20.3. The Kier molecular flexibility index (Phi) is 20.4. The van der Waals surface area contributed by atoms with Gasteiger partial charge in [-0.2, -0.15) is 9.97 Å². The molecule has 5 atom stereocenters. The van der Waals surface area contributed by atoms with Gasteiger partial charge in [0.25, 0.3) is 0 Å². The van der Waals surface area contributed by atoms with E-state index in [9.17, 15) is 24.3 Å². The number of benzene rings is 3. The van der Waals surface area contributed by atoms with Gasteiger partial charge >= 0.3 is 12.1 Å². The van der Waals surface area contributed by atoms with Crippen molar-refractivity contribution in [2.24, 2.45) is 17.3 Å². The third kappa shape index (κ3) is 15.6. The highest BCUT2D eigenvalue weighted by atomic mass is 32.1. The number of amides is 4. The van der Waals surface area contributed by atoms with Crippen LogP contribution in [0.3, 0.4) is 0 Å². The molecule has 4 amide bonds. The highest BCUT2D eigenvalue weighted by Crippen LogP contribution is 2.41. The molecule has 5 saturated heterocycles. The van der Waals surface area contributed by atoms with E-state index in [0.717, 1.165) is 124 Å². The number of anilines is 1. The first-order valence-electron chi connectivity index (χ1n) is 32.3. The number of nitrogens with zero attached hydrogens (tertiary/aromatic N) is 9. The van der Waals surface area contributed by atoms with Crippen LogP contribution in [-0.4, -0.2) is 164 Å². The largest absolute Gasteiger partial charge is 0.508 e. The molecule has 6 aromatic rings. The molecule has 3 aromatic heterocycles. The van der Waals surface area contributed by atoms with Gasteiger partial charge < -0.3 is 35.0 Å². The summed E-state index contributed by atoms with van der Waals surface area (Å²) in [4.78, 5) is 79.6. The fraction of sp³-hybridized carbons (Fsp3) is 0.565. The maximum Gasteiger partial charge on any atom is 0.410 e. The Morgan fingerprint density at radius 3 is 2.17 bits per heavy atom. The minimum absolute atomic E-state index is 0.0291. The van der Waals surface area contributed by atoms with Crippen LogP contribution in [0.25, 0.3) is 43.4 Å². The molecule has 5 aliphatic rings. The number of nitrogens with one attached hydrogen (secondary N) is 2. The lowest BCUT2D eigenvalue weighted by Gasteiger charge is -2.42. The summed E-state index contributed by atoms with van der Waals surface area (Å²) in [5, 5.41) is 19.1. The van der Waals surface area contributed by atoms with E-state index in [0.29, 0.717) is 67.9 Å². The van der Waals surface area contributed by atoms with E-state index in [1.54, 1.807) is 34.6 Å². The molecule has 18 nitrogen and oxygen atoms in total. The first-order valence-corrected chi connectivity index (χ1v) is 33.2. The minimum atomic E-state index is -0.607. The molecule has 478 valence electrons. The number of likely N-dealkylation sites (tertiary alicyclic amines) is 3. The fourth-order valence-electron chi connectivity index (χ4n) is 13.5. The summed E-state index contributed by atoms with van der Waals surface area (Å²) in [7, 11) is 0. The zero-order chi connectivity index (χ0) is 63.3. The van der Waals surface area contributed by atoms with Crippen molar-refractivity contribution in [3.05, 3.63) is 88.9 Å². The summed E-state index contributed by atoms with van der Waals surface area (Å²) in [6, 6.07) is 17.0. The lowest BCUT2D eigenvalue weighted by molar-refractivity contribution is -0.131. The smallest absolute Gasteiger partial charge is 0.410 e. The molecule has 89 heavy (non-hydrogen) atoms. The summed E-state index contributed by atoms with van der Waals surface area (Å²) in [5.41, 5.74) is 6.24.